The molecule has 0 radical (unpaired) electrons. The van der Waals surface area contributed by atoms with Crippen LogP contribution in [0.5, 0.6) is 0 Å². The van der Waals surface area contributed by atoms with Crippen LogP contribution in [-0.4, -0.2) is 33.6 Å². The quantitative estimate of drug-likeness (QED) is 0.850. The van der Waals surface area contributed by atoms with Gasteiger partial charge in [-0.25, -0.2) is 0 Å². The molecule has 0 bridgehead atoms. The molecule has 1 saturated heterocycles. The topological polar surface area (TPSA) is 46.1 Å². The van der Waals surface area contributed by atoms with E-state index < -0.39 is 0 Å². The Morgan fingerprint density at radius 2 is 1.95 bits per heavy atom. The number of aryl methyl sites for hydroxylation is 1. The number of carbonyl (C=O) groups excluding carboxylic acids is 1. The van der Waals surface area contributed by atoms with Gasteiger partial charge in [-0.3, -0.25) is 4.79 Å². The molecule has 1 aromatic heterocycles. The van der Waals surface area contributed by atoms with Crippen molar-refractivity contribution >= 4 is 5.91 Å². The number of aromatic nitrogens is 2. The van der Waals surface area contributed by atoms with Crippen LogP contribution < -0.4 is 0 Å². The van der Waals surface area contributed by atoms with E-state index in [9.17, 15) is 4.79 Å². The van der Waals surface area contributed by atoms with Crippen molar-refractivity contribution < 1.29 is 4.79 Å². The fourth-order valence-corrected chi connectivity index (χ4v) is 2.98. The van der Waals surface area contributed by atoms with E-state index >= 15 is 0 Å². The van der Waals surface area contributed by atoms with Gasteiger partial charge in [0.25, 0.3) is 5.91 Å². The zero-order valence-corrected chi connectivity index (χ0v) is 12.4. The van der Waals surface area contributed by atoms with Crippen molar-refractivity contribution in [3.05, 3.63) is 59.4 Å². The first-order valence-electron chi connectivity index (χ1n) is 7.29. The van der Waals surface area contributed by atoms with Gasteiger partial charge in [0.2, 0.25) is 0 Å². The Balaban J connectivity index is 1.77. The van der Waals surface area contributed by atoms with Crippen molar-refractivity contribution in [2.75, 3.05) is 6.54 Å². The lowest BCUT2D eigenvalue weighted by molar-refractivity contribution is 0.0745. The predicted molar refractivity (Wildman–Crippen MR) is 81.1 cm³/mol. The molecule has 1 aliphatic heterocycles. The molecular weight excluding hydrogens is 262 g/mol. The summed E-state index contributed by atoms with van der Waals surface area (Å²) in [4.78, 5) is 14.5. The Bertz CT molecular complexity index is 624. The molecule has 0 spiro atoms. The maximum absolute atomic E-state index is 12.5. The van der Waals surface area contributed by atoms with Crippen molar-refractivity contribution in [3.8, 4) is 0 Å². The Hall–Kier alpha value is -2.23. The van der Waals surface area contributed by atoms with Gasteiger partial charge in [0.05, 0.1) is 18.0 Å². The fraction of sp³-hybridized carbons (Fsp3) is 0.353. The first-order valence-corrected chi connectivity index (χ1v) is 7.29. The summed E-state index contributed by atoms with van der Waals surface area (Å²) in [5.41, 5.74) is 3.19. The van der Waals surface area contributed by atoms with Gasteiger partial charge in [0.1, 0.15) is 0 Å². The van der Waals surface area contributed by atoms with E-state index in [0.29, 0.717) is 11.5 Å². The molecule has 1 amide bonds. The summed E-state index contributed by atoms with van der Waals surface area (Å²) in [6.07, 6.45) is 4.10. The summed E-state index contributed by atoms with van der Waals surface area (Å²) in [5.74, 6) is 0.464. The highest BCUT2D eigenvalue weighted by atomic mass is 16.2. The predicted octanol–water partition coefficient (Wildman–Crippen LogP) is 2.80. The molecular formula is C17H19N3O. The molecule has 108 valence electrons. The van der Waals surface area contributed by atoms with E-state index in [2.05, 4.69) is 48.3 Å². The Morgan fingerprint density at radius 3 is 2.62 bits per heavy atom. The average molecular weight is 281 g/mol. The second kappa shape index (κ2) is 5.64. The minimum Gasteiger partial charge on any atom is -0.335 e. The van der Waals surface area contributed by atoms with Crippen LogP contribution in [0, 0.1) is 6.92 Å². The first-order chi connectivity index (χ1) is 10.1. The molecule has 2 aromatic rings. The summed E-state index contributed by atoms with van der Waals surface area (Å²) >= 11 is 0. The molecule has 2 heterocycles. The van der Waals surface area contributed by atoms with E-state index in [0.717, 1.165) is 13.0 Å². The Morgan fingerprint density at radius 1 is 1.19 bits per heavy atom. The Labute approximate surface area is 124 Å². The molecule has 0 aliphatic carbocycles. The first kappa shape index (κ1) is 13.7. The number of hydrogen-bond acceptors (Lipinski definition) is 3. The van der Waals surface area contributed by atoms with Crippen LogP contribution in [0.1, 0.15) is 40.7 Å². The van der Waals surface area contributed by atoms with Crippen LogP contribution >= 0.6 is 0 Å². The van der Waals surface area contributed by atoms with Crippen molar-refractivity contribution in [1.82, 2.24) is 15.1 Å². The van der Waals surface area contributed by atoms with Gasteiger partial charge in [-0.2, -0.15) is 10.2 Å². The van der Waals surface area contributed by atoms with Crippen LogP contribution in [0.25, 0.3) is 0 Å². The number of amides is 1. The lowest BCUT2D eigenvalue weighted by Gasteiger charge is -2.21. The number of benzene rings is 1. The van der Waals surface area contributed by atoms with Crippen molar-refractivity contribution in [2.24, 2.45) is 0 Å². The molecule has 3 rings (SSSR count). The molecule has 4 heteroatoms. The summed E-state index contributed by atoms with van der Waals surface area (Å²) < 4.78 is 0. The molecule has 1 aliphatic rings. The third-order valence-electron chi connectivity index (χ3n) is 4.22. The fourth-order valence-electron chi connectivity index (χ4n) is 2.98. The normalized spacial score (nSPS) is 21.5. The maximum Gasteiger partial charge on any atom is 0.255 e. The number of hydrogen-bond donors (Lipinski definition) is 0. The molecule has 4 nitrogen and oxygen atoms in total. The SMILES string of the molecule is Cc1ccc([C@@H]2C[C@H](C)N(C(=O)c3ccnnc3)C2)cc1. The van der Waals surface area contributed by atoms with E-state index in [1.54, 1.807) is 12.3 Å². The van der Waals surface area contributed by atoms with Crippen LogP contribution in [0.2, 0.25) is 0 Å². The second-order valence-corrected chi connectivity index (χ2v) is 5.78. The van der Waals surface area contributed by atoms with Crippen molar-refractivity contribution in [2.45, 2.75) is 32.2 Å². The smallest absolute Gasteiger partial charge is 0.255 e. The standard InChI is InChI=1S/C17H19N3O/c1-12-3-5-14(6-4-12)16-9-13(2)20(11-16)17(21)15-7-8-18-19-10-15/h3-8,10,13,16H,9,11H2,1-2H3/t13-,16+/m0/s1. The maximum atomic E-state index is 12.5. The highest BCUT2D eigenvalue weighted by molar-refractivity contribution is 5.94. The lowest BCUT2D eigenvalue weighted by Crippen LogP contribution is -2.34. The minimum atomic E-state index is 0.0482. The molecule has 21 heavy (non-hydrogen) atoms. The molecule has 0 N–H and O–H groups in total. The zero-order chi connectivity index (χ0) is 14.8. The minimum absolute atomic E-state index is 0.0482. The van der Waals surface area contributed by atoms with Crippen LogP contribution in [0.3, 0.4) is 0 Å². The largest absolute Gasteiger partial charge is 0.335 e. The van der Waals surface area contributed by atoms with Crippen LogP contribution in [-0.2, 0) is 0 Å². The van der Waals surface area contributed by atoms with Gasteiger partial charge in [-0.1, -0.05) is 29.8 Å². The van der Waals surface area contributed by atoms with Crippen molar-refractivity contribution in [3.63, 3.8) is 0 Å². The third kappa shape index (κ3) is 2.79. The van der Waals surface area contributed by atoms with Gasteiger partial charge in [-0.15, -0.1) is 0 Å². The van der Waals surface area contributed by atoms with Crippen molar-refractivity contribution in [1.29, 1.82) is 0 Å². The summed E-state index contributed by atoms with van der Waals surface area (Å²) in [5, 5.41) is 7.52. The van der Waals surface area contributed by atoms with Gasteiger partial charge in [0.15, 0.2) is 0 Å². The van der Waals surface area contributed by atoms with Gasteiger partial charge < -0.3 is 4.90 Å². The number of likely N-dealkylation sites (tertiary alicyclic amines) is 1. The van der Waals surface area contributed by atoms with Gasteiger partial charge in [-0.05, 0) is 31.9 Å². The third-order valence-corrected chi connectivity index (χ3v) is 4.22. The summed E-state index contributed by atoms with van der Waals surface area (Å²) in [6.45, 7) is 4.97. The zero-order valence-electron chi connectivity index (χ0n) is 12.4. The monoisotopic (exact) mass is 281 g/mol. The van der Waals surface area contributed by atoms with E-state index in [-0.39, 0.29) is 11.9 Å². The number of carbonyl (C=O) groups is 1. The second-order valence-electron chi connectivity index (χ2n) is 5.78. The Kier molecular flexibility index (Phi) is 3.69. The summed E-state index contributed by atoms with van der Waals surface area (Å²) in [6, 6.07) is 10.6. The average Bonchev–Trinajstić information content (AvgIpc) is 2.90. The lowest BCUT2D eigenvalue weighted by atomic mass is 9.96. The van der Waals surface area contributed by atoms with E-state index in [1.165, 1.54) is 17.3 Å². The van der Waals surface area contributed by atoms with E-state index in [4.69, 9.17) is 0 Å². The number of rotatable bonds is 2. The highest BCUT2D eigenvalue weighted by Crippen LogP contribution is 2.32. The molecule has 1 fully saturated rings. The molecule has 1 aromatic carbocycles. The van der Waals surface area contributed by atoms with Crippen LogP contribution in [0.15, 0.2) is 42.7 Å². The summed E-state index contributed by atoms with van der Waals surface area (Å²) in [7, 11) is 0. The van der Waals surface area contributed by atoms with E-state index in [1.807, 2.05) is 4.90 Å². The van der Waals surface area contributed by atoms with Gasteiger partial charge >= 0.3 is 0 Å². The highest BCUT2D eigenvalue weighted by Gasteiger charge is 2.33. The van der Waals surface area contributed by atoms with Gasteiger partial charge in [0, 0.05) is 18.5 Å². The molecule has 0 saturated carbocycles. The number of nitrogens with zero attached hydrogens (tertiary/aromatic N) is 3. The van der Waals surface area contributed by atoms with Crippen LogP contribution in [0.4, 0.5) is 0 Å². The molecule has 2 atom stereocenters. The molecule has 0 unspecified atom stereocenters.